The van der Waals surface area contributed by atoms with E-state index in [1.54, 1.807) is 5.54 Å². The third-order valence-electron chi connectivity index (χ3n) is 3.10. The van der Waals surface area contributed by atoms with Crippen LogP contribution < -0.4 is 5.32 Å². The highest BCUT2D eigenvalue weighted by molar-refractivity contribution is 6.25. The third-order valence-corrected chi connectivity index (χ3v) is 3.28. The summed E-state index contributed by atoms with van der Waals surface area (Å²) < 4.78 is 0. The Morgan fingerprint density at radius 2 is 2.33 bits per heavy atom. The van der Waals surface area contributed by atoms with E-state index in [4.69, 9.17) is 11.6 Å². The van der Waals surface area contributed by atoms with Crippen molar-refractivity contribution in [3.63, 3.8) is 0 Å². The normalized spacial score (nSPS) is 28.7. The highest BCUT2D eigenvalue weighted by Crippen LogP contribution is 2.16. The number of nitrogens with zero attached hydrogens (tertiary/aromatic N) is 1. The first kappa shape index (κ1) is 13.0. The van der Waals surface area contributed by atoms with Gasteiger partial charge in [0.25, 0.3) is 0 Å². The Morgan fingerprint density at radius 1 is 1.53 bits per heavy atom. The van der Waals surface area contributed by atoms with E-state index in [2.05, 4.69) is 24.1 Å². The third kappa shape index (κ3) is 4.54. The van der Waals surface area contributed by atoms with Crippen molar-refractivity contribution in [2.75, 3.05) is 26.2 Å². The van der Waals surface area contributed by atoms with E-state index in [9.17, 15) is 0 Å². The molecule has 0 aliphatic carbocycles. The van der Waals surface area contributed by atoms with Crippen molar-refractivity contribution in [2.24, 2.45) is 5.92 Å². The van der Waals surface area contributed by atoms with Crippen LogP contribution in [0.25, 0.3) is 0 Å². The molecule has 0 saturated carbocycles. The Labute approximate surface area is 98.7 Å². The molecule has 88 valence electrons. The standard InChI is InChI=1S/C12H23ClN2/c1-3-7-14-12-5-9-15(8-4-6-13)10-11(12)2/h4,6,11-12,14H,3,5,7-10H2,1-2H3/b6-4+. The fraction of sp³-hybridized carbons (Fsp3) is 0.833. The SMILES string of the molecule is CCCNC1CCN(C/C=C/Cl)CC1C. The van der Waals surface area contributed by atoms with Crippen LogP contribution in [0.4, 0.5) is 0 Å². The van der Waals surface area contributed by atoms with Gasteiger partial charge in [-0.2, -0.15) is 0 Å². The minimum Gasteiger partial charge on any atom is -0.314 e. The van der Waals surface area contributed by atoms with Crippen LogP contribution >= 0.6 is 11.6 Å². The van der Waals surface area contributed by atoms with E-state index in [1.807, 2.05) is 6.08 Å². The Bertz CT molecular complexity index is 194. The van der Waals surface area contributed by atoms with Gasteiger partial charge in [0, 0.05) is 24.7 Å². The number of nitrogens with one attached hydrogen (secondary N) is 1. The van der Waals surface area contributed by atoms with Crippen molar-refractivity contribution in [1.82, 2.24) is 10.2 Å². The maximum absolute atomic E-state index is 5.53. The van der Waals surface area contributed by atoms with Crippen LogP contribution in [0.2, 0.25) is 0 Å². The van der Waals surface area contributed by atoms with E-state index in [0.717, 1.165) is 19.0 Å². The fourth-order valence-corrected chi connectivity index (χ4v) is 2.30. The smallest absolute Gasteiger partial charge is 0.0174 e. The average Bonchev–Trinajstić information content (AvgIpc) is 2.25. The number of halogens is 1. The monoisotopic (exact) mass is 230 g/mol. The molecule has 15 heavy (non-hydrogen) atoms. The molecule has 0 amide bonds. The van der Waals surface area contributed by atoms with Crippen LogP contribution in [0.15, 0.2) is 11.6 Å². The predicted octanol–water partition coefficient (Wildman–Crippen LogP) is 2.45. The Kier molecular flexibility index (Phi) is 6.30. The lowest BCUT2D eigenvalue weighted by Gasteiger charge is -2.36. The second kappa shape index (κ2) is 7.26. The van der Waals surface area contributed by atoms with E-state index < -0.39 is 0 Å². The van der Waals surface area contributed by atoms with Crippen LogP contribution in [0, 0.1) is 5.92 Å². The van der Waals surface area contributed by atoms with Crippen molar-refractivity contribution < 1.29 is 0 Å². The zero-order valence-electron chi connectivity index (χ0n) is 9.88. The lowest BCUT2D eigenvalue weighted by Crippen LogP contribution is -2.48. The molecule has 1 N–H and O–H groups in total. The van der Waals surface area contributed by atoms with Crippen LogP contribution in [-0.2, 0) is 0 Å². The van der Waals surface area contributed by atoms with Gasteiger partial charge in [-0.3, -0.25) is 4.90 Å². The lowest BCUT2D eigenvalue weighted by atomic mass is 9.94. The van der Waals surface area contributed by atoms with Crippen LogP contribution in [0.5, 0.6) is 0 Å². The zero-order valence-corrected chi connectivity index (χ0v) is 10.6. The molecular formula is C12H23ClN2. The largest absolute Gasteiger partial charge is 0.314 e. The molecular weight excluding hydrogens is 208 g/mol. The van der Waals surface area contributed by atoms with Crippen molar-refractivity contribution in [3.8, 4) is 0 Å². The molecule has 3 heteroatoms. The molecule has 2 unspecified atom stereocenters. The molecule has 1 aliphatic heterocycles. The molecule has 0 radical (unpaired) electrons. The topological polar surface area (TPSA) is 15.3 Å². The summed E-state index contributed by atoms with van der Waals surface area (Å²) >= 11 is 5.53. The van der Waals surface area contributed by atoms with E-state index in [-0.39, 0.29) is 0 Å². The molecule has 2 atom stereocenters. The Hall–Kier alpha value is -0.0500. The molecule has 0 spiro atoms. The molecule has 1 fully saturated rings. The number of hydrogen-bond donors (Lipinski definition) is 1. The van der Waals surface area contributed by atoms with Crippen LogP contribution in [0.1, 0.15) is 26.7 Å². The van der Waals surface area contributed by atoms with Gasteiger partial charge in [0.15, 0.2) is 0 Å². The van der Waals surface area contributed by atoms with Gasteiger partial charge >= 0.3 is 0 Å². The number of hydrogen-bond acceptors (Lipinski definition) is 2. The van der Waals surface area contributed by atoms with Gasteiger partial charge in [0.05, 0.1) is 0 Å². The summed E-state index contributed by atoms with van der Waals surface area (Å²) in [6.07, 6.45) is 4.51. The summed E-state index contributed by atoms with van der Waals surface area (Å²) in [6, 6.07) is 0.709. The molecule has 1 saturated heterocycles. The van der Waals surface area contributed by atoms with Crippen molar-refractivity contribution in [1.29, 1.82) is 0 Å². The average molecular weight is 231 g/mol. The number of piperidine rings is 1. The van der Waals surface area contributed by atoms with Gasteiger partial charge in [0.2, 0.25) is 0 Å². The summed E-state index contributed by atoms with van der Waals surface area (Å²) in [7, 11) is 0. The minimum absolute atomic E-state index is 0.709. The number of likely N-dealkylation sites (tertiary alicyclic amines) is 1. The molecule has 0 aromatic rings. The minimum atomic E-state index is 0.709. The van der Waals surface area contributed by atoms with E-state index in [1.165, 1.54) is 25.9 Å². The highest BCUT2D eigenvalue weighted by Gasteiger charge is 2.24. The maximum atomic E-state index is 5.53. The van der Waals surface area contributed by atoms with Gasteiger partial charge in [-0.15, -0.1) is 0 Å². The van der Waals surface area contributed by atoms with Gasteiger partial charge in [0.1, 0.15) is 0 Å². The first-order chi connectivity index (χ1) is 7.27. The molecule has 0 aromatic carbocycles. The molecule has 1 heterocycles. The van der Waals surface area contributed by atoms with Crippen molar-refractivity contribution in [2.45, 2.75) is 32.7 Å². The van der Waals surface area contributed by atoms with Crippen LogP contribution in [-0.4, -0.2) is 37.1 Å². The highest BCUT2D eigenvalue weighted by atomic mass is 35.5. The summed E-state index contributed by atoms with van der Waals surface area (Å²) in [6.45, 7) is 9.07. The van der Waals surface area contributed by atoms with Gasteiger partial charge in [-0.1, -0.05) is 31.5 Å². The van der Waals surface area contributed by atoms with Gasteiger partial charge < -0.3 is 5.32 Å². The van der Waals surface area contributed by atoms with E-state index in [0.29, 0.717) is 6.04 Å². The Balaban J connectivity index is 2.27. The molecule has 1 aliphatic rings. The predicted molar refractivity (Wildman–Crippen MR) is 67.3 cm³/mol. The maximum Gasteiger partial charge on any atom is 0.0174 e. The first-order valence-corrected chi connectivity index (χ1v) is 6.42. The summed E-state index contributed by atoms with van der Waals surface area (Å²) in [5, 5.41) is 3.63. The first-order valence-electron chi connectivity index (χ1n) is 5.98. The summed E-state index contributed by atoms with van der Waals surface area (Å²) in [5.74, 6) is 0.744. The number of rotatable bonds is 5. The van der Waals surface area contributed by atoms with Crippen molar-refractivity contribution in [3.05, 3.63) is 11.6 Å². The summed E-state index contributed by atoms with van der Waals surface area (Å²) in [5.41, 5.74) is 1.62. The Morgan fingerprint density at radius 3 is 2.93 bits per heavy atom. The van der Waals surface area contributed by atoms with Gasteiger partial charge in [-0.25, -0.2) is 0 Å². The van der Waals surface area contributed by atoms with Gasteiger partial charge in [-0.05, 0) is 31.8 Å². The van der Waals surface area contributed by atoms with Crippen molar-refractivity contribution >= 4 is 11.6 Å². The zero-order chi connectivity index (χ0) is 11.1. The fourth-order valence-electron chi connectivity index (χ4n) is 2.22. The second-order valence-electron chi connectivity index (χ2n) is 4.45. The van der Waals surface area contributed by atoms with Crippen LogP contribution in [0.3, 0.4) is 0 Å². The van der Waals surface area contributed by atoms with E-state index >= 15 is 0 Å². The lowest BCUT2D eigenvalue weighted by molar-refractivity contribution is 0.160. The second-order valence-corrected chi connectivity index (χ2v) is 4.70. The molecule has 2 nitrogen and oxygen atoms in total. The summed E-state index contributed by atoms with van der Waals surface area (Å²) in [4.78, 5) is 2.47. The molecule has 0 aromatic heterocycles. The molecule has 0 bridgehead atoms. The molecule has 1 rings (SSSR count). The quantitative estimate of drug-likeness (QED) is 0.781.